The number of fused-ring (bicyclic) bond motifs is 7. The zero-order valence-corrected chi connectivity index (χ0v) is 24.4. The van der Waals surface area contributed by atoms with E-state index >= 15 is 0 Å². The smallest absolute Gasteiger partial charge is 0.148 e. The van der Waals surface area contributed by atoms with Crippen LogP contribution in [0.1, 0.15) is 0 Å². The lowest BCUT2D eigenvalue weighted by Crippen LogP contribution is -1.99. The molecule has 4 nitrogen and oxygen atoms in total. The van der Waals surface area contributed by atoms with Crippen LogP contribution in [-0.2, 0) is 0 Å². The SMILES string of the molecule is c1ccc(-c2ccc(-n3c(-c4ccc(-c5ccccc5)c5nsnc45)nc4c5ccccc5c5ccccc5c43)cc2)cc1. The molecule has 0 bridgehead atoms. The van der Waals surface area contributed by atoms with Gasteiger partial charge in [-0.3, -0.25) is 4.57 Å². The third-order valence-corrected chi connectivity index (χ3v) is 9.03. The molecule has 2 heterocycles. The van der Waals surface area contributed by atoms with E-state index in [-0.39, 0.29) is 0 Å². The Morgan fingerprint density at radius 3 is 1.64 bits per heavy atom. The molecule has 0 radical (unpaired) electrons. The minimum absolute atomic E-state index is 0.853. The minimum Gasteiger partial charge on any atom is -0.292 e. The molecule has 0 atom stereocenters. The van der Waals surface area contributed by atoms with Crippen molar-refractivity contribution in [1.29, 1.82) is 0 Å². The highest BCUT2D eigenvalue weighted by Crippen LogP contribution is 2.41. The third-order valence-electron chi connectivity index (χ3n) is 8.51. The number of hydrogen-bond acceptors (Lipinski definition) is 4. The lowest BCUT2D eigenvalue weighted by atomic mass is 9.99. The molecule has 9 aromatic rings. The molecule has 44 heavy (non-hydrogen) atoms. The monoisotopic (exact) mass is 580 g/mol. The fraction of sp³-hybridized carbons (Fsp3) is 0. The molecule has 0 spiro atoms. The van der Waals surface area contributed by atoms with Crippen molar-refractivity contribution in [3.63, 3.8) is 0 Å². The summed E-state index contributed by atoms with van der Waals surface area (Å²) in [7, 11) is 0. The standard InChI is InChI=1S/C39H24N4S/c1-3-11-25(12-4-1)26-19-21-28(22-20-26)43-38-33-18-10-8-16-31(33)30-15-7-9-17-32(30)37(38)40-39(43)34-24-23-29(27-13-5-2-6-14-27)35-36(34)42-44-41-35/h1-24H. The zero-order valence-electron chi connectivity index (χ0n) is 23.6. The Balaban J connectivity index is 1.38. The van der Waals surface area contributed by atoms with E-state index in [1.165, 1.54) is 39.0 Å². The topological polar surface area (TPSA) is 43.6 Å². The first-order valence-corrected chi connectivity index (χ1v) is 15.4. The Hall–Kier alpha value is -5.65. The van der Waals surface area contributed by atoms with Crippen LogP contribution < -0.4 is 0 Å². The van der Waals surface area contributed by atoms with Crippen molar-refractivity contribution in [3.8, 4) is 39.3 Å². The van der Waals surface area contributed by atoms with Crippen molar-refractivity contribution in [1.82, 2.24) is 18.3 Å². The normalized spacial score (nSPS) is 11.6. The number of hydrogen-bond donors (Lipinski definition) is 0. The number of nitrogens with zero attached hydrogens (tertiary/aromatic N) is 4. The molecule has 0 unspecified atom stereocenters. The van der Waals surface area contributed by atoms with Gasteiger partial charge in [0.1, 0.15) is 16.9 Å². The summed E-state index contributed by atoms with van der Waals surface area (Å²) in [6, 6.07) is 51.2. The maximum absolute atomic E-state index is 5.45. The molecular formula is C39H24N4S. The van der Waals surface area contributed by atoms with Gasteiger partial charge in [-0.15, -0.1) is 0 Å². The van der Waals surface area contributed by atoms with Gasteiger partial charge in [0, 0.05) is 27.6 Å². The summed E-state index contributed by atoms with van der Waals surface area (Å²) in [5, 5.41) is 4.71. The van der Waals surface area contributed by atoms with E-state index < -0.39 is 0 Å². The summed E-state index contributed by atoms with van der Waals surface area (Å²) in [6.07, 6.45) is 0. The van der Waals surface area contributed by atoms with Crippen LogP contribution in [0.25, 0.3) is 82.9 Å². The van der Waals surface area contributed by atoms with E-state index in [0.29, 0.717) is 0 Å². The van der Waals surface area contributed by atoms with Crippen molar-refractivity contribution in [2.75, 3.05) is 0 Å². The summed E-state index contributed by atoms with van der Waals surface area (Å²) < 4.78 is 11.9. The van der Waals surface area contributed by atoms with Crippen LogP contribution in [0.5, 0.6) is 0 Å². The van der Waals surface area contributed by atoms with Crippen LogP contribution in [0.3, 0.4) is 0 Å². The van der Waals surface area contributed by atoms with E-state index in [9.17, 15) is 0 Å². The van der Waals surface area contributed by atoms with Crippen LogP contribution in [0.2, 0.25) is 0 Å². The second kappa shape index (κ2) is 9.97. The molecule has 206 valence electrons. The summed E-state index contributed by atoms with van der Waals surface area (Å²) in [6.45, 7) is 0. The van der Waals surface area contributed by atoms with Gasteiger partial charge in [0.15, 0.2) is 0 Å². The number of aromatic nitrogens is 4. The van der Waals surface area contributed by atoms with Gasteiger partial charge in [-0.25, -0.2) is 4.98 Å². The highest BCUT2D eigenvalue weighted by atomic mass is 32.1. The summed E-state index contributed by atoms with van der Waals surface area (Å²) in [5.41, 5.74) is 10.4. The Morgan fingerprint density at radius 2 is 0.932 bits per heavy atom. The number of benzene rings is 7. The fourth-order valence-corrected chi connectivity index (χ4v) is 7.04. The molecule has 0 aliphatic heterocycles. The predicted octanol–water partition coefficient (Wildman–Crippen LogP) is 10.3. The lowest BCUT2D eigenvalue weighted by Gasteiger charge is -2.14. The van der Waals surface area contributed by atoms with Crippen LogP contribution >= 0.6 is 11.7 Å². The third kappa shape index (κ3) is 3.80. The molecule has 5 heteroatoms. The molecule has 0 saturated carbocycles. The van der Waals surface area contributed by atoms with E-state index in [1.807, 2.05) is 12.1 Å². The van der Waals surface area contributed by atoms with Crippen LogP contribution in [0.4, 0.5) is 0 Å². The van der Waals surface area contributed by atoms with Gasteiger partial charge in [0.05, 0.1) is 22.8 Å². The first-order valence-electron chi connectivity index (χ1n) is 14.6. The molecule has 0 fully saturated rings. The number of imidazole rings is 1. The Morgan fingerprint density at radius 1 is 0.409 bits per heavy atom. The molecule has 0 aliphatic rings. The van der Waals surface area contributed by atoms with Crippen molar-refractivity contribution in [2.45, 2.75) is 0 Å². The Labute approximate surface area is 257 Å². The average Bonchev–Trinajstić information content (AvgIpc) is 3.76. The highest BCUT2D eigenvalue weighted by molar-refractivity contribution is 7.00. The minimum atomic E-state index is 0.853. The first kappa shape index (κ1) is 24.9. The lowest BCUT2D eigenvalue weighted by molar-refractivity contribution is 1.11. The van der Waals surface area contributed by atoms with E-state index in [1.54, 1.807) is 0 Å². The average molecular weight is 581 g/mol. The van der Waals surface area contributed by atoms with Gasteiger partial charge in [-0.2, -0.15) is 8.75 Å². The van der Waals surface area contributed by atoms with Crippen molar-refractivity contribution in [2.24, 2.45) is 0 Å². The van der Waals surface area contributed by atoms with Gasteiger partial charge < -0.3 is 0 Å². The largest absolute Gasteiger partial charge is 0.292 e. The zero-order chi connectivity index (χ0) is 29.0. The summed E-state index contributed by atoms with van der Waals surface area (Å²) in [4.78, 5) is 5.45. The van der Waals surface area contributed by atoms with Gasteiger partial charge in [0.25, 0.3) is 0 Å². The predicted molar refractivity (Wildman–Crippen MR) is 183 cm³/mol. The van der Waals surface area contributed by atoms with E-state index in [2.05, 4.69) is 138 Å². The van der Waals surface area contributed by atoms with Crippen molar-refractivity contribution >= 4 is 55.3 Å². The van der Waals surface area contributed by atoms with E-state index in [4.69, 9.17) is 13.7 Å². The van der Waals surface area contributed by atoms with Crippen molar-refractivity contribution in [3.05, 3.63) is 146 Å². The second-order valence-electron chi connectivity index (χ2n) is 11.0. The summed E-state index contributed by atoms with van der Waals surface area (Å²) >= 11 is 1.25. The van der Waals surface area contributed by atoms with Gasteiger partial charge in [-0.1, -0.05) is 127 Å². The summed E-state index contributed by atoms with van der Waals surface area (Å²) in [5.74, 6) is 0.853. The molecule has 0 saturated heterocycles. The van der Waals surface area contributed by atoms with Gasteiger partial charge >= 0.3 is 0 Å². The van der Waals surface area contributed by atoms with Gasteiger partial charge in [-0.05, 0) is 45.7 Å². The van der Waals surface area contributed by atoms with Crippen molar-refractivity contribution < 1.29 is 0 Å². The van der Waals surface area contributed by atoms with Gasteiger partial charge in [0.2, 0.25) is 0 Å². The molecule has 0 amide bonds. The molecular weight excluding hydrogens is 557 g/mol. The Kier molecular flexibility index (Phi) is 5.64. The fourth-order valence-electron chi connectivity index (χ4n) is 6.47. The number of rotatable bonds is 4. The molecule has 7 aromatic carbocycles. The quantitative estimate of drug-likeness (QED) is 0.195. The molecule has 0 aliphatic carbocycles. The first-order chi connectivity index (χ1) is 21.8. The molecule has 2 aromatic heterocycles. The molecule has 9 rings (SSSR count). The maximum atomic E-state index is 5.45. The van der Waals surface area contributed by atoms with Crippen LogP contribution in [0.15, 0.2) is 146 Å². The second-order valence-corrected chi connectivity index (χ2v) is 11.5. The highest BCUT2D eigenvalue weighted by Gasteiger charge is 2.23. The van der Waals surface area contributed by atoms with Crippen LogP contribution in [0, 0.1) is 0 Å². The van der Waals surface area contributed by atoms with E-state index in [0.717, 1.165) is 55.7 Å². The Bertz CT molecular complexity index is 2480. The molecule has 0 N–H and O–H groups in total. The maximum Gasteiger partial charge on any atom is 0.148 e. The van der Waals surface area contributed by atoms with Crippen LogP contribution in [-0.4, -0.2) is 18.3 Å².